The van der Waals surface area contributed by atoms with Gasteiger partial charge in [0, 0.05) is 0 Å². The smallest absolute Gasteiger partial charge is 0.232 e. The Morgan fingerprint density at radius 2 is 1.53 bits per heavy atom. The average Bonchev–Trinajstić information content (AvgIpc) is 2.21. The van der Waals surface area contributed by atoms with Crippen LogP contribution in [0, 0.1) is 27.7 Å². The molecule has 96 valence electrons. The number of rotatable bonds is 4. The summed E-state index contributed by atoms with van der Waals surface area (Å²) in [5.74, 6) is 0.166. The molecular formula is C13H21NO2S. The minimum atomic E-state index is -3.21. The molecule has 0 amide bonds. The number of hydrogen-bond donors (Lipinski definition) is 1. The SMILES string of the molecule is CCCS(=O)(=O)Nc1c(C)c(C)cc(C)c1C. The molecule has 0 heterocycles. The molecule has 1 N–H and O–H groups in total. The van der Waals surface area contributed by atoms with Crippen molar-refractivity contribution in [3.63, 3.8) is 0 Å². The summed E-state index contributed by atoms with van der Waals surface area (Å²) in [6.07, 6.45) is 0.623. The van der Waals surface area contributed by atoms with Crippen molar-refractivity contribution >= 4 is 15.7 Å². The van der Waals surface area contributed by atoms with Gasteiger partial charge in [0.15, 0.2) is 0 Å². The minimum absolute atomic E-state index is 0.166. The molecule has 0 bridgehead atoms. The molecule has 1 aromatic rings. The van der Waals surface area contributed by atoms with Gasteiger partial charge >= 0.3 is 0 Å². The van der Waals surface area contributed by atoms with Gasteiger partial charge in [-0.2, -0.15) is 0 Å². The molecule has 17 heavy (non-hydrogen) atoms. The van der Waals surface area contributed by atoms with Crippen LogP contribution in [0.1, 0.15) is 35.6 Å². The molecule has 0 aliphatic heterocycles. The molecule has 0 fully saturated rings. The Balaban J connectivity index is 3.24. The van der Waals surface area contributed by atoms with Gasteiger partial charge in [0.1, 0.15) is 0 Å². The van der Waals surface area contributed by atoms with Gasteiger partial charge in [0.2, 0.25) is 10.0 Å². The molecule has 1 aromatic carbocycles. The summed E-state index contributed by atoms with van der Waals surface area (Å²) in [6.45, 7) is 9.76. The van der Waals surface area contributed by atoms with Crippen LogP contribution in [-0.2, 0) is 10.0 Å². The van der Waals surface area contributed by atoms with Crippen LogP contribution in [0.25, 0.3) is 0 Å². The van der Waals surface area contributed by atoms with E-state index in [2.05, 4.69) is 10.8 Å². The minimum Gasteiger partial charge on any atom is -0.283 e. The highest BCUT2D eigenvalue weighted by Crippen LogP contribution is 2.27. The summed E-state index contributed by atoms with van der Waals surface area (Å²) in [5.41, 5.74) is 4.99. The van der Waals surface area contributed by atoms with Gasteiger partial charge in [-0.3, -0.25) is 4.72 Å². The van der Waals surface area contributed by atoms with Gasteiger partial charge in [-0.15, -0.1) is 0 Å². The van der Waals surface area contributed by atoms with Gasteiger partial charge in [0.25, 0.3) is 0 Å². The maximum atomic E-state index is 11.8. The third kappa shape index (κ3) is 3.22. The van der Waals surface area contributed by atoms with E-state index in [0.29, 0.717) is 6.42 Å². The van der Waals surface area contributed by atoms with E-state index in [1.54, 1.807) is 0 Å². The first-order valence-corrected chi connectivity index (χ1v) is 7.51. The standard InChI is InChI=1S/C13H21NO2S/c1-6-7-17(15,16)14-13-11(4)9(2)8-10(3)12(13)5/h8,14H,6-7H2,1-5H3. The van der Waals surface area contributed by atoms with Crippen molar-refractivity contribution in [2.45, 2.75) is 41.0 Å². The van der Waals surface area contributed by atoms with Crippen molar-refractivity contribution in [2.75, 3.05) is 10.5 Å². The predicted molar refractivity (Wildman–Crippen MR) is 73.1 cm³/mol. The van der Waals surface area contributed by atoms with Crippen LogP contribution in [0.3, 0.4) is 0 Å². The van der Waals surface area contributed by atoms with Crippen molar-refractivity contribution in [3.8, 4) is 0 Å². The lowest BCUT2D eigenvalue weighted by Crippen LogP contribution is -2.18. The second-order valence-electron chi connectivity index (χ2n) is 4.56. The predicted octanol–water partition coefficient (Wildman–Crippen LogP) is 3.07. The van der Waals surface area contributed by atoms with E-state index in [0.717, 1.165) is 27.9 Å². The Bertz CT molecular complexity index is 492. The summed E-state index contributed by atoms with van der Waals surface area (Å²) < 4.78 is 26.3. The highest BCUT2D eigenvalue weighted by atomic mass is 32.2. The maximum absolute atomic E-state index is 11.8. The largest absolute Gasteiger partial charge is 0.283 e. The summed E-state index contributed by atoms with van der Waals surface area (Å²) in [5, 5.41) is 0. The lowest BCUT2D eigenvalue weighted by molar-refractivity contribution is 0.600. The molecule has 1 rings (SSSR count). The van der Waals surface area contributed by atoms with Crippen LogP contribution >= 0.6 is 0 Å². The molecule has 0 unspecified atom stereocenters. The van der Waals surface area contributed by atoms with Gasteiger partial charge in [-0.1, -0.05) is 13.0 Å². The van der Waals surface area contributed by atoms with E-state index in [4.69, 9.17) is 0 Å². The van der Waals surface area contributed by atoms with Crippen LogP contribution < -0.4 is 4.72 Å². The lowest BCUT2D eigenvalue weighted by Gasteiger charge is -2.16. The maximum Gasteiger partial charge on any atom is 0.232 e. The van der Waals surface area contributed by atoms with Crippen molar-refractivity contribution in [1.82, 2.24) is 0 Å². The van der Waals surface area contributed by atoms with Crippen LogP contribution in [0.4, 0.5) is 5.69 Å². The fraction of sp³-hybridized carbons (Fsp3) is 0.538. The van der Waals surface area contributed by atoms with Crippen molar-refractivity contribution in [2.24, 2.45) is 0 Å². The molecule has 0 spiro atoms. The van der Waals surface area contributed by atoms with Gasteiger partial charge in [-0.25, -0.2) is 8.42 Å². The number of anilines is 1. The van der Waals surface area contributed by atoms with E-state index in [9.17, 15) is 8.42 Å². The Morgan fingerprint density at radius 3 is 1.94 bits per heavy atom. The zero-order chi connectivity index (χ0) is 13.2. The Hall–Kier alpha value is -1.03. The van der Waals surface area contributed by atoms with E-state index >= 15 is 0 Å². The number of sulfonamides is 1. The van der Waals surface area contributed by atoms with E-state index in [1.807, 2.05) is 34.6 Å². The molecule has 4 heteroatoms. The first kappa shape index (κ1) is 14.0. The third-order valence-corrected chi connectivity index (χ3v) is 4.56. The number of aryl methyl sites for hydroxylation is 2. The molecule has 0 saturated heterocycles. The Morgan fingerprint density at radius 1 is 1.06 bits per heavy atom. The quantitative estimate of drug-likeness (QED) is 0.898. The zero-order valence-corrected chi connectivity index (χ0v) is 12.0. The monoisotopic (exact) mass is 255 g/mol. The van der Waals surface area contributed by atoms with Crippen LogP contribution in [0.2, 0.25) is 0 Å². The summed E-state index contributed by atoms with van der Waals surface area (Å²) >= 11 is 0. The van der Waals surface area contributed by atoms with Crippen molar-refractivity contribution < 1.29 is 8.42 Å². The number of hydrogen-bond acceptors (Lipinski definition) is 2. The summed E-state index contributed by atoms with van der Waals surface area (Å²) in [6, 6.07) is 2.09. The summed E-state index contributed by atoms with van der Waals surface area (Å²) in [7, 11) is -3.21. The second-order valence-corrected chi connectivity index (χ2v) is 6.40. The van der Waals surface area contributed by atoms with Gasteiger partial charge < -0.3 is 0 Å². The molecule has 0 radical (unpaired) electrons. The average molecular weight is 255 g/mol. The van der Waals surface area contributed by atoms with Gasteiger partial charge in [0.05, 0.1) is 11.4 Å². The fourth-order valence-corrected chi connectivity index (χ4v) is 3.10. The lowest BCUT2D eigenvalue weighted by atomic mass is 9.99. The topological polar surface area (TPSA) is 46.2 Å². The number of nitrogens with one attached hydrogen (secondary N) is 1. The molecule has 0 aliphatic rings. The van der Waals surface area contributed by atoms with E-state index in [1.165, 1.54) is 0 Å². The number of benzene rings is 1. The second kappa shape index (κ2) is 5.08. The molecule has 3 nitrogen and oxygen atoms in total. The fourth-order valence-electron chi connectivity index (χ4n) is 1.85. The zero-order valence-electron chi connectivity index (χ0n) is 11.2. The Labute approximate surface area is 104 Å². The first-order valence-electron chi connectivity index (χ1n) is 5.86. The third-order valence-electron chi connectivity index (χ3n) is 3.10. The molecular weight excluding hydrogens is 234 g/mol. The van der Waals surface area contributed by atoms with E-state index in [-0.39, 0.29) is 5.75 Å². The van der Waals surface area contributed by atoms with Crippen LogP contribution in [0.5, 0.6) is 0 Å². The molecule has 0 atom stereocenters. The highest BCUT2D eigenvalue weighted by Gasteiger charge is 2.14. The normalized spacial score (nSPS) is 11.6. The van der Waals surface area contributed by atoms with Crippen LogP contribution in [-0.4, -0.2) is 14.2 Å². The van der Waals surface area contributed by atoms with Crippen molar-refractivity contribution in [1.29, 1.82) is 0 Å². The van der Waals surface area contributed by atoms with Gasteiger partial charge in [-0.05, 0) is 56.4 Å². The highest BCUT2D eigenvalue weighted by molar-refractivity contribution is 7.92. The summed E-state index contributed by atoms with van der Waals surface area (Å²) in [4.78, 5) is 0. The molecule has 0 aliphatic carbocycles. The Kier molecular flexibility index (Phi) is 4.20. The molecule has 0 aromatic heterocycles. The molecule has 0 saturated carbocycles. The first-order chi connectivity index (χ1) is 7.78. The van der Waals surface area contributed by atoms with Crippen LogP contribution in [0.15, 0.2) is 6.07 Å². The van der Waals surface area contributed by atoms with Crippen molar-refractivity contribution in [3.05, 3.63) is 28.3 Å². The van der Waals surface area contributed by atoms with E-state index < -0.39 is 10.0 Å².